The molecule has 0 fully saturated rings. The summed E-state index contributed by atoms with van der Waals surface area (Å²) in [6.07, 6.45) is 4.82. The molecule has 0 aromatic carbocycles. The fourth-order valence-corrected chi connectivity index (χ4v) is 1.42. The molecule has 0 unspecified atom stereocenters. The first-order valence-electron chi connectivity index (χ1n) is 5.44. The monoisotopic (exact) mass is 222 g/mol. The van der Waals surface area contributed by atoms with Crippen molar-refractivity contribution in [1.29, 1.82) is 0 Å². The predicted molar refractivity (Wildman–Crippen MR) is 61.9 cm³/mol. The molecule has 1 rings (SSSR count). The molecule has 1 N–H and O–H groups in total. The number of nitrogens with one attached hydrogen (secondary N) is 1. The highest BCUT2D eigenvalue weighted by Gasteiger charge is 2.04. The average Bonchev–Trinajstić information content (AvgIpc) is 2.35. The maximum absolute atomic E-state index is 10.9. The Morgan fingerprint density at radius 3 is 2.81 bits per heavy atom. The van der Waals surface area contributed by atoms with Crippen LogP contribution in [0, 0.1) is 0 Å². The average molecular weight is 222 g/mol. The van der Waals surface area contributed by atoms with Gasteiger partial charge >= 0.3 is 5.97 Å². The molecule has 0 radical (unpaired) electrons. The van der Waals surface area contributed by atoms with Crippen LogP contribution in [-0.4, -0.2) is 24.6 Å². The van der Waals surface area contributed by atoms with Gasteiger partial charge in [-0.05, 0) is 37.6 Å². The van der Waals surface area contributed by atoms with Gasteiger partial charge in [-0.25, -0.2) is 0 Å². The lowest BCUT2D eigenvalue weighted by atomic mass is 10.1. The quantitative estimate of drug-likeness (QED) is 0.588. The molecule has 16 heavy (non-hydrogen) atoms. The van der Waals surface area contributed by atoms with Gasteiger partial charge in [0.15, 0.2) is 0 Å². The van der Waals surface area contributed by atoms with E-state index in [9.17, 15) is 4.79 Å². The van der Waals surface area contributed by atoms with E-state index in [1.54, 1.807) is 12.4 Å². The fourth-order valence-electron chi connectivity index (χ4n) is 1.42. The van der Waals surface area contributed by atoms with Crippen LogP contribution < -0.4 is 5.32 Å². The summed E-state index contributed by atoms with van der Waals surface area (Å²) in [5.41, 5.74) is 1.20. The van der Waals surface area contributed by atoms with Gasteiger partial charge in [0.1, 0.15) is 0 Å². The molecule has 4 heteroatoms. The van der Waals surface area contributed by atoms with E-state index in [0.29, 0.717) is 6.42 Å². The summed E-state index contributed by atoms with van der Waals surface area (Å²) < 4.78 is 4.57. The maximum atomic E-state index is 10.9. The summed E-state index contributed by atoms with van der Waals surface area (Å²) in [6.45, 7) is 2.89. The van der Waals surface area contributed by atoms with Gasteiger partial charge in [-0.1, -0.05) is 0 Å². The zero-order valence-electron chi connectivity index (χ0n) is 9.77. The fraction of sp³-hybridized carbons (Fsp3) is 0.500. The number of nitrogens with zero attached hydrogens (tertiary/aromatic N) is 1. The molecular formula is C12H18N2O2. The molecule has 0 bridgehead atoms. The van der Waals surface area contributed by atoms with E-state index in [1.807, 2.05) is 12.1 Å². The summed E-state index contributed by atoms with van der Waals surface area (Å²) in [5.74, 6) is -0.154. The molecule has 0 aliphatic carbocycles. The largest absolute Gasteiger partial charge is 0.469 e. The van der Waals surface area contributed by atoms with Crippen molar-refractivity contribution in [3.63, 3.8) is 0 Å². The van der Waals surface area contributed by atoms with E-state index in [4.69, 9.17) is 0 Å². The van der Waals surface area contributed by atoms with Crippen LogP contribution >= 0.6 is 0 Å². The van der Waals surface area contributed by atoms with E-state index in [0.717, 1.165) is 13.0 Å². The second-order valence-electron chi connectivity index (χ2n) is 3.64. The van der Waals surface area contributed by atoms with Crippen LogP contribution in [0.25, 0.3) is 0 Å². The SMILES string of the molecule is COC(=O)CCCN[C@H](C)c1ccncc1. The van der Waals surface area contributed by atoms with Crippen LogP contribution in [0.1, 0.15) is 31.4 Å². The second-order valence-corrected chi connectivity index (χ2v) is 3.64. The van der Waals surface area contributed by atoms with Crippen molar-refractivity contribution in [2.75, 3.05) is 13.7 Å². The zero-order chi connectivity index (χ0) is 11.8. The van der Waals surface area contributed by atoms with Crippen LogP contribution in [0.15, 0.2) is 24.5 Å². The van der Waals surface area contributed by atoms with Crippen molar-refractivity contribution in [2.45, 2.75) is 25.8 Å². The summed E-state index contributed by atoms with van der Waals surface area (Å²) in [5, 5.41) is 3.34. The number of rotatable bonds is 6. The van der Waals surface area contributed by atoms with Crippen molar-refractivity contribution in [1.82, 2.24) is 10.3 Å². The van der Waals surface area contributed by atoms with Gasteiger partial charge < -0.3 is 10.1 Å². The highest BCUT2D eigenvalue weighted by Crippen LogP contribution is 2.09. The van der Waals surface area contributed by atoms with E-state index in [1.165, 1.54) is 12.7 Å². The summed E-state index contributed by atoms with van der Waals surface area (Å²) in [6, 6.07) is 4.25. The Kier molecular flexibility index (Phi) is 5.50. The van der Waals surface area contributed by atoms with Gasteiger partial charge in [0.05, 0.1) is 7.11 Å². The lowest BCUT2D eigenvalue weighted by Crippen LogP contribution is -2.20. The zero-order valence-corrected chi connectivity index (χ0v) is 9.77. The molecule has 1 heterocycles. The normalized spacial score (nSPS) is 12.1. The molecule has 0 aliphatic heterocycles. The number of hydrogen-bond acceptors (Lipinski definition) is 4. The number of ether oxygens (including phenoxy) is 1. The Hall–Kier alpha value is -1.42. The van der Waals surface area contributed by atoms with Gasteiger partial charge in [0.2, 0.25) is 0 Å². The number of hydrogen-bond donors (Lipinski definition) is 1. The third kappa shape index (κ3) is 4.40. The summed E-state index contributed by atoms with van der Waals surface area (Å²) in [4.78, 5) is 14.8. The van der Waals surface area contributed by atoms with Crippen molar-refractivity contribution >= 4 is 5.97 Å². The Morgan fingerprint density at radius 2 is 2.19 bits per heavy atom. The first-order valence-corrected chi connectivity index (χ1v) is 5.44. The minimum atomic E-state index is -0.154. The van der Waals surface area contributed by atoms with Crippen molar-refractivity contribution in [2.24, 2.45) is 0 Å². The van der Waals surface area contributed by atoms with E-state index in [-0.39, 0.29) is 12.0 Å². The number of aromatic nitrogens is 1. The minimum Gasteiger partial charge on any atom is -0.469 e. The van der Waals surface area contributed by atoms with Crippen molar-refractivity contribution in [3.05, 3.63) is 30.1 Å². The lowest BCUT2D eigenvalue weighted by Gasteiger charge is -2.13. The molecule has 1 aromatic rings. The van der Waals surface area contributed by atoms with Crippen molar-refractivity contribution < 1.29 is 9.53 Å². The highest BCUT2D eigenvalue weighted by atomic mass is 16.5. The standard InChI is InChI=1S/C12H18N2O2/c1-10(11-5-8-13-9-6-11)14-7-3-4-12(15)16-2/h5-6,8-10,14H,3-4,7H2,1-2H3/t10-/m1/s1. The molecule has 0 spiro atoms. The Morgan fingerprint density at radius 1 is 1.50 bits per heavy atom. The number of esters is 1. The van der Waals surface area contributed by atoms with E-state index >= 15 is 0 Å². The molecule has 0 saturated carbocycles. The topological polar surface area (TPSA) is 51.2 Å². The molecule has 0 amide bonds. The first-order chi connectivity index (χ1) is 7.74. The van der Waals surface area contributed by atoms with Crippen LogP contribution in [0.3, 0.4) is 0 Å². The highest BCUT2D eigenvalue weighted by molar-refractivity contribution is 5.69. The molecule has 88 valence electrons. The smallest absolute Gasteiger partial charge is 0.305 e. The third-order valence-electron chi connectivity index (χ3n) is 2.44. The second kappa shape index (κ2) is 6.95. The molecular weight excluding hydrogens is 204 g/mol. The third-order valence-corrected chi connectivity index (χ3v) is 2.44. The minimum absolute atomic E-state index is 0.154. The Balaban J connectivity index is 2.21. The number of carbonyl (C=O) groups excluding carboxylic acids is 1. The van der Waals surface area contributed by atoms with Crippen LogP contribution in [0.2, 0.25) is 0 Å². The maximum Gasteiger partial charge on any atom is 0.305 e. The van der Waals surface area contributed by atoms with Gasteiger partial charge in [-0.15, -0.1) is 0 Å². The van der Waals surface area contributed by atoms with Gasteiger partial charge in [-0.2, -0.15) is 0 Å². The number of pyridine rings is 1. The number of carbonyl (C=O) groups is 1. The predicted octanol–water partition coefficient (Wildman–Crippen LogP) is 1.69. The first kappa shape index (κ1) is 12.6. The van der Waals surface area contributed by atoms with E-state index < -0.39 is 0 Å². The molecule has 0 saturated heterocycles. The summed E-state index contributed by atoms with van der Waals surface area (Å²) >= 11 is 0. The Bertz CT molecular complexity index is 314. The Labute approximate surface area is 96.0 Å². The molecule has 4 nitrogen and oxygen atoms in total. The number of methoxy groups -OCH3 is 1. The van der Waals surface area contributed by atoms with E-state index in [2.05, 4.69) is 22.0 Å². The van der Waals surface area contributed by atoms with Crippen LogP contribution in [-0.2, 0) is 9.53 Å². The molecule has 1 atom stereocenters. The van der Waals surface area contributed by atoms with Crippen molar-refractivity contribution in [3.8, 4) is 0 Å². The van der Waals surface area contributed by atoms with Crippen LogP contribution in [0.5, 0.6) is 0 Å². The molecule has 0 aliphatic rings. The summed E-state index contributed by atoms with van der Waals surface area (Å²) in [7, 11) is 1.41. The van der Waals surface area contributed by atoms with Gasteiger partial charge in [0.25, 0.3) is 0 Å². The van der Waals surface area contributed by atoms with Crippen LogP contribution in [0.4, 0.5) is 0 Å². The van der Waals surface area contributed by atoms with Gasteiger partial charge in [0, 0.05) is 24.9 Å². The van der Waals surface area contributed by atoms with Gasteiger partial charge in [-0.3, -0.25) is 9.78 Å². The molecule has 1 aromatic heterocycles. The lowest BCUT2D eigenvalue weighted by molar-refractivity contribution is -0.140.